The number of aromatic nitrogens is 8. The zero-order valence-electron chi connectivity index (χ0n) is 28.4. The van der Waals surface area contributed by atoms with Crippen molar-refractivity contribution in [2.75, 3.05) is 31.7 Å². The topological polar surface area (TPSA) is 163 Å². The molecule has 2 saturated heterocycles. The van der Waals surface area contributed by atoms with Gasteiger partial charge in [-0.15, -0.1) is 10.2 Å². The molecule has 17 heteroatoms. The van der Waals surface area contributed by atoms with Crippen molar-refractivity contribution in [3.8, 4) is 28.8 Å². The number of nitrogens with zero attached hydrogens (tertiary/aromatic N) is 10. The molecule has 2 bridgehead atoms. The lowest BCUT2D eigenvalue weighted by Gasteiger charge is -2.43. The lowest BCUT2D eigenvalue weighted by molar-refractivity contribution is -0.130. The predicted molar refractivity (Wildman–Crippen MR) is 178 cm³/mol. The van der Waals surface area contributed by atoms with Crippen molar-refractivity contribution < 1.29 is 27.7 Å². The number of alkyl halides is 2. The molecule has 3 aliphatic rings. The molecule has 0 spiro atoms. The van der Waals surface area contributed by atoms with E-state index >= 15 is 0 Å². The molecule has 0 radical (unpaired) electrons. The molecule has 3 fully saturated rings. The summed E-state index contributed by atoms with van der Waals surface area (Å²) < 4.78 is 50.6. The third-order valence-electron chi connectivity index (χ3n) is 9.73. The molecule has 1 aromatic carbocycles. The molecule has 4 aromatic rings. The van der Waals surface area contributed by atoms with Gasteiger partial charge in [-0.3, -0.25) is 9.58 Å². The van der Waals surface area contributed by atoms with Crippen LogP contribution in [0.2, 0.25) is 0 Å². The molecule has 1 aliphatic carbocycles. The first-order valence-corrected chi connectivity index (χ1v) is 17.4. The molecule has 7 rings (SSSR count). The maximum Gasteiger partial charge on any atom is 0.345 e. The van der Waals surface area contributed by atoms with Crippen molar-refractivity contribution in [3.63, 3.8) is 0 Å². The Bertz CT molecular complexity index is 1740. The van der Waals surface area contributed by atoms with Crippen LogP contribution in [0.25, 0.3) is 11.1 Å². The van der Waals surface area contributed by atoms with E-state index in [2.05, 4.69) is 46.5 Å². The minimum Gasteiger partial charge on any atom is -0.487 e. The number of ether oxygens (including phenoxy) is 4. The molecule has 0 unspecified atom stereocenters. The van der Waals surface area contributed by atoms with Crippen LogP contribution in [-0.2, 0) is 16.0 Å². The summed E-state index contributed by atoms with van der Waals surface area (Å²) in [5.41, 5.74) is 2.47. The van der Waals surface area contributed by atoms with Gasteiger partial charge in [0.05, 0.1) is 50.8 Å². The second kappa shape index (κ2) is 16.0. The normalized spacial score (nSPS) is 22.5. The molecule has 0 amide bonds. The molecule has 3 atom stereocenters. The van der Waals surface area contributed by atoms with Crippen LogP contribution >= 0.6 is 0 Å². The fourth-order valence-electron chi connectivity index (χ4n) is 7.37. The van der Waals surface area contributed by atoms with E-state index in [0.29, 0.717) is 53.5 Å². The van der Waals surface area contributed by atoms with E-state index in [0.717, 1.165) is 50.0 Å². The summed E-state index contributed by atoms with van der Waals surface area (Å²) in [6.07, 6.45) is 13.3. The smallest absolute Gasteiger partial charge is 0.345 e. The fourth-order valence-corrected chi connectivity index (χ4v) is 7.37. The van der Waals surface area contributed by atoms with Crippen molar-refractivity contribution in [1.29, 1.82) is 5.26 Å². The highest BCUT2D eigenvalue weighted by atomic mass is 19.3. The van der Waals surface area contributed by atoms with Gasteiger partial charge in [0.15, 0.2) is 0 Å². The van der Waals surface area contributed by atoms with Crippen LogP contribution in [0.5, 0.6) is 11.6 Å². The predicted octanol–water partition coefficient (Wildman–Crippen LogP) is 4.76. The van der Waals surface area contributed by atoms with Crippen LogP contribution in [0, 0.1) is 11.3 Å². The lowest BCUT2D eigenvalue weighted by Crippen LogP contribution is -2.52. The Labute approximate surface area is 293 Å². The molecular formula is C34H41F2N11O4. The van der Waals surface area contributed by atoms with Crippen molar-refractivity contribution in [2.24, 2.45) is 0 Å². The molecule has 270 valence electrons. The molecule has 1 N–H and O–H groups in total. The monoisotopic (exact) mass is 705 g/mol. The maximum atomic E-state index is 12.5. The number of tetrazole rings is 1. The average Bonchev–Trinajstić information content (AvgIpc) is 3.86. The van der Waals surface area contributed by atoms with Crippen LogP contribution in [0.4, 0.5) is 20.4 Å². The van der Waals surface area contributed by atoms with Gasteiger partial charge < -0.3 is 24.3 Å². The molecule has 15 nitrogen and oxygen atoms in total. The Morgan fingerprint density at radius 1 is 1.00 bits per heavy atom. The number of nitrogens with one attached hydrogen (secondary N) is 1. The molecular weight excluding hydrogens is 664 g/mol. The number of benzene rings is 1. The van der Waals surface area contributed by atoms with Crippen molar-refractivity contribution in [3.05, 3.63) is 48.7 Å². The summed E-state index contributed by atoms with van der Waals surface area (Å²) in [4.78, 5) is 11.8. The van der Waals surface area contributed by atoms with Gasteiger partial charge >= 0.3 is 6.61 Å². The summed E-state index contributed by atoms with van der Waals surface area (Å²) in [6.45, 7) is 1.16. The second-order valence-electron chi connectivity index (χ2n) is 13.2. The first kappa shape index (κ1) is 34.6. The van der Waals surface area contributed by atoms with E-state index in [1.165, 1.54) is 19.2 Å². The maximum absolute atomic E-state index is 12.5. The van der Waals surface area contributed by atoms with Crippen molar-refractivity contribution in [1.82, 2.24) is 44.9 Å². The molecule has 2 aliphatic heterocycles. The molecule has 1 saturated carbocycles. The van der Waals surface area contributed by atoms with E-state index in [1.807, 2.05) is 23.9 Å². The van der Waals surface area contributed by atoms with Gasteiger partial charge in [0.25, 0.3) is 5.88 Å². The Balaban J connectivity index is 1.02. The minimum absolute atomic E-state index is 0.125. The summed E-state index contributed by atoms with van der Waals surface area (Å²) in [6, 6.07) is 9.31. The molecule has 51 heavy (non-hydrogen) atoms. The van der Waals surface area contributed by atoms with Gasteiger partial charge in [0, 0.05) is 42.5 Å². The summed E-state index contributed by atoms with van der Waals surface area (Å²) in [7, 11) is 0. The summed E-state index contributed by atoms with van der Waals surface area (Å²) >= 11 is 0. The van der Waals surface area contributed by atoms with Crippen LogP contribution in [0.3, 0.4) is 0 Å². The number of rotatable bonds is 15. The Hall–Kier alpha value is -4.79. The van der Waals surface area contributed by atoms with E-state index in [1.54, 1.807) is 29.2 Å². The Morgan fingerprint density at radius 2 is 1.75 bits per heavy atom. The van der Waals surface area contributed by atoms with Gasteiger partial charge in [-0.2, -0.15) is 14.0 Å². The zero-order valence-corrected chi connectivity index (χ0v) is 28.4. The third-order valence-corrected chi connectivity index (χ3v) is 9.73. The highest BCUT2D eigenvalue weighted by molar-refractivity contribution is 5.67. The standard InChI is InChI=1S/C34H41F2N11O4/c1-22(17-45-21-40-43-44-45)51-31-13-23(3-4-24(31)14-37)25-15-38-34(39-16-25)41-30-18-46(42-32(30)49-11-2-12-50-33(35)36)26-5-7-27(8-6-26)47-28-9-10-29(47)20-48-19-28/h3-4,13,15-16,18,21-22,26-29,33H,2,5-12,17,19-20H2,1H3,(H,38,39,41)/t22-,26-,27-,28-,29+/m0/s1. The number of hydrogen-bond donors (Lipinski definition) is 1. The minimum atomic E-state index is -2.82. The average molecular weight is 706 g/mol. The highest BCUT2D eigenvalue weighted by Crippen LogP contribution is 2.39. The summed E-state index contributed by atoms with van der Waals surface area (Å²) in [5, 5.41) is 28.8. The van der Waals surface area contributed by atoms with Crippen molar-refractivity contribution >= 4 is 11.6 Å². The van der Waals surface area contributed by atoms with Crippen LogP contribution in [0.15, 0.2) is 43.1 Å². The first-order valence-electron chi connectivity index (χ1n) is 17.4. The van der Waals surface area contributed by atoms with Gasteiger partial charge in [0.2, 0.25) is 5.95 Å². The van der Waals surface area contributed by atoms with Gasteiger partial charge in [0.1, 0.15) is 29.9 Å². The third kappa shape index (κ3) is 8.41. The van der Waals surface area contributed by atoms with Crippen LogP contribution in [0.1, 0.15) is 63.5 Å². The number of halogens is 2. The quantitative estimate of drug-likeness (QED) is 0.169. The highest BCUT2D eigenvalue weighted by Gasteiger charge is 2.42. The number of nitriles is 1. The molecule has 5 heterocycles. The Morgan fingerprint density at radius 3 is 2.45 bits per heavy atom. The fraction of sp³-hybridized carbons (Fsp3) is 0.559. The largest absolute Gasteiger partial charge is 0.487 e. The van der Waals surface area contributed by atoms with E-state index in [9.17, 15) is 14.0 Å². The number of fused-ring (bicyclic) bond motifs is 2. The molecule has 3 aromatic heterocycles. The van der Waals surface area contributed by atoms with E-state index < -0.39 is 6.61 Å². The number of hydrogen-bond acceptors (Lipinski definition) is 13. The zero-order chi connectivity index (χ0) is 35.2. The van der Waals surface area contributed by atoms with E-state index in [-0.39, 0.29) is 31.8 Å². The van der Waals surface area contributed by atoms with Gasteiger partial charge in [-0.25, -0.2) is 14.6 Å². The van der Waals surface area contributed by atoms with E-state index in [4.69, 9.17) is 19.3 Å². The Kier molecular flexibility index (Phi) is 10.9. The summed E-state index contributed by atoms with van der Waals surface area (Å²) in [5.74, 6) is 1.10. The van der Waals surface area contributed by atoms with Gasteiger partial charge in [-0.1, -0.05) is 6.07 Å². The number of anilines is 2. The second-order valence-corrected chi connectivity index (χ2v) is 13.2. The lowest BCUT2D eigenvalue weighted by atomic mass is 9.89. The van der Waals surface area contributed by atoms with Crippen LogP contribution < -0.4 is 14.8 Å². The number of morpholine rings is 1. The van der Waals surface area contributed by atoms with Gasteiger partial charge in [-0.05, 0) is 73.6 Å². The van der Waals surface area contributed by atoms with Crippen molar-refractivity contribution in [2.45, 2.75) is 95.3 Å². The first-order chi connectivity index (χ1) is 24.9. The SMILES string of the molecule is C[C@@H](Cn1cnnn1)Oc1cc(-c2cnc(Nc3cn([C@H]4CC[C@H](N5[C@@H]6CC[C@H]5COC6)CC4)nc3OCCCOC(F)F)nc2)ccc1C#N. The van der Waals surface area contributed by atoms with Crippen LogP contribution in [-0.4, -0.2) is 102 Å².